The van der Waals surface area contributed by atoms with Gasteiger partial charge in [-0.1, -0.05) is 38.1 Å². The van der Waals surface area contributed by atoms with E-state index in [1.165, 1.54) is 7.11 Å². The van der Waals surface area contributed by atoms with Crippen LogP contribution < -0.4 is 9.47 Å². The van der Waals surface area contributed by atoms with E-state index in [0.29, 0.717) is 17.1 Å². The zero-order valence-electron chi connectivity index (χ0n) is 15.5. The summed E-state index contributed by atoms with van der Waals surface area (Å²) in [5.74, 6) is -0.858. The molecule has 0 saturated carbocycles. The van der Waals surface area contributed by atoms with Crippen LogP contribution >= 0.6 is 0 Å². The van der Waals surface area contributed by atoms with Crippen molar-refractivity contribution in [2.75, 3.05) is 13.7 Å². The van der Waals surface area contributed by atoms with Gasteiger partial charge in [-0.05, 0) is 30.2 Å². The number of benzene rings is 2. The van der Waals surface area contributed by atoms with E-state index in [1.807, 2.05) is 13.8 Å². The number of imide groups is 1. The topological polar surface area (TPSA) is 72.9 Å². The van der Waals surface area contributed by atoms with E-state index in [-0.39, 0.29) is 23.8 Å². The molecule has 2 aromatic carbocycles. The van der Waals surface area contributed by atoms with Gasteiger partial charge in [0.2, 0.25) is 0 Å². The maximum atomic E-state index is 13.0. The van der Waals surface area contributed by atoms with Gasteiger partial charge < -0.3 is 9.47 Å². The summed E-state index contributed by atoms with van der Waals surface area (Å²) in [6, 6.07) is 13.4. The summed E-state index contributed by atoms with van der Waals surface area (Å²) in [6.07, 6.45) is -0.844. The molecule has 140 valence electrons. The van der Waals surface area contributed by atoms with Gasteiger partial charge >= 0.3 is 0 Å². The first-order chi connectivity index (χ1) is 12.9. The standard InChI is InChI=1S/C21H21NO5/c1-13(2)19-21(25)22(20(24)15-9-5-7-11-18(15)27-19)12-16(23)14-8-4-6-10-17(14)26-3/h4-11,13,19H,12H2,1-3H3/t19-/m1/s1. The van der Waals surface area contributed by atoms with E-state index in [9.17, 15) is 14.4 Å². The first kappa shape index (κ1) is 18.6. The lowest BCUT2D eigenvalue weighted by molar-refractivity contribution is -0.136. The van der Waals surface area contributed by atoms with Crippen molar-refractivity contribution < 1.29 is 23.9 Å². The fraction of sp³-hybridized carbons (Fsp3) is 0.286. The number of nitrogens with zero attached hydrogens (tertiary/aromatic N) is 1. The summed E-state index contributed by atoms with van der Waals surface area (Å²) in [4.78, 5) is 39.8. The Kier molecular flexibility index (Phi) is 5.26. The number of hydrogen-bond acceptors (Lipinski definition) is 5. The minimum absolute atomic E-state index is 0.166. The van der Waals surface area contributed by atoms with Gasteiger partial charge in [0.1, 0.15) is 11.5 Å². The summed E-state index contributed by atoms with van der Waals surface area (Å²) in [7, 11) is 1.47. The van der Waals surface area contributed by atoms with Crippen LogP contribution in [0, 0.1) is 5.92 Å². The number of carbonyl (C=O) groups excluding carboxylic acids is 3. The summed E-state index contributed by atoms with van der Waals surface area (Å²) in [6.45, 7) is 3.29. The predicted octanol–water partition coefficient (Wildman–Crippen LogP) is 2.96. The SMILES string of the molecule is COc1ccccc1C(=O)CN1C(=O)c2ccccc2O[C@H](C(C)C)C1=O. The molecule has 0 spiro atoms. The fourth-order valence-corrected chi connectivity index (χ4v) is 3.01. The largest absolute Gasteiger partial charge is 0.496 e. The van der Waals surface area contributed by atoms with Crippen molar-refractivity contribution in [3.63, 3.8) is 0 Å². The smallest absolute Gasteiger partial charge is 0.271 e. The van der Waals surface area contributed by atoms with Crippen LogP contribution in [0.25, 0.3) is 0 Å². The van der Waals surface area contributed by atoms with Crippen molar-refractivity contribution in [2.24, 2.45) is 5.92 Å². The van der Waals surface area contributed by atoms with Gasteiger partial charge in [0.05, 0.1) is 24.8 Å². The van der Waals surface area contributed by atoms with Gasteiger partial charge in [0.15, 0.2) is 11.9 Å². The maximum Gasteiger partial charge on any atom is 0.271 e. The number of ether oxygens (including phenoxy) is 2. The molecule has 1 aliphatic rings. The normalized spacial score (nSPS) is 16.6. The Balaban J connectivity index is 1.98. The lowest BCUT2D eigenvalue weighted by Crippen LogP contribution is -2.47. The van der Waals surface area contributed by atoms with Crippen molar-refractivity contribution >= 4 is 17.6 Å². The van der Waals surface area contributed by atoms with E-state index < -0.39 is 17.9 Å². The van der Waals surface area contributed by atoms with E-state index >= 15 is 0 Å². The zero-order valence-corrected chi connectivity index (χ0v) is 15.5. The Morgan fingerprint density at radius 1 is 1.11 bits per heavy atom. The van der Waals surface area contributed by atoms with Crippen molar-refractivity contribution in [3.8, 4) is 11.5 Å². The number of Topliss-reactive ketones (excluding diaryl/α,β-unsaturated/α-hetero) is 1. The molecule has 27 heavy (non-hydrogen) atoms. The Morgan fingerprint density at radius 2 is 1.78 bits per heavy atom. The molecule has 0 fully saturated rings. The average molecular weight is 367 g/mol. The third-order valence-electron chi connectivity index (χ3n) is 4.44. The lowest BCUT2D eigenvalue weighted by Gasteiger charge is -2.24. The number of methoxy groups -OCH3 is 1. The van der Waals surface area contributed by atoms with Crippen LogP contribution in [0.15, 0.2) is 48.5 Å². The van der Waals surface area contributed by atoms with Crippen molar-refractivity contribution in [2.45, 2.75) is 20.0 Å². The molecule has 3 rings (SSSR count). The first-order valence-corrected chi connectivity index (χ1v) is 8.71. The molecule has 0 aliphatic carbocycles. The molecule has 2 amide bonds. The van der Waals surface area contributed by atoms with Gasteiger partial charge in [-0.2, -0.15) is 0 Å². The molecule has 1 heterocycles. The fourth-order valence-electron chi connectivity index (χ4n) is 3.01. The van der Waals surface area contributed by atoms with Crippen LogP contribution in [0.1, 0.15) is 34.6 Å². The third-order valence-corrected chi connectivity index (χ3v) is 4.44. The van der Waals surface area contributed by atoms with Gasteiger partial charge in [-0.25, -0.2) is 0 Å². The number of hydrogen-bond donors (Lipinski definition) is 0. The average Bonchev–Trinajstić information content (AvgIpc) is 2.78. The maximum absolute atomic E-state index is 13.0. The molecule has 0 N–H and O–H groups in total. The molecule has 6 nitrogen and oxygen atoms in total. The second kappa shape index (κ2) is 7.61. The molecule has 1 aliphatic heterocycles. The number of amides is 2. The van der Waals surface area contributed by atoms with Gasteiger partial charge in [-0.3, -0.25) is 19.3 Å². The number of rotatable bonds is 5. The van der Waals surface area contributed by atoms with Crippen LogP contribution in [0.4, 0.5) is 0 Å². The Bertz CT molecular complexity index is 890. The highest BCUT2D eigenvalue weighted by molar-refractivity contribution is 6.12. The Labute approximate surface area is 157 Å². The van der Waals surface area contributed by atoms with E-state index in [4.69, 9.17) is 9.47 Å². The molecule has 0 bridgehead atoms. The molecule has 0 radical (unpaired) electrons. The molecular formula is C21H21NO5. The minimum Gasteiger partial charge on any atom is -0.496 e. The van der Waals surface area contributed by atoms with Crippen LogP contribution in [0.3, 0.4) is 0 Å². The summed E-state index contributed by atoms with van der Waals surface area (Å²) in [5.41, 5.74) is 0.585. The molecular weight excluding hydrogens is 346 g/mol. The highest BCUT2D eigenvalue weighted by atomic mass is 16.5. The van der Waals surface area contributed by atoms with Crippen molar-refractivity contribution in [1.29, 1.82) is 0 Å². The number of fused-ring (bicyclic) bond motifs is 1. The predicted molar refractivity (Wildman–Crippen MR) is 99.1 cm³/mol. The second-order valence-electron chi connectivity index (χ2n) is 6.63. The van der Waals surface area contributed by atoms with Crippen LogP contribution in [0.2, 0.25) is 0 Å². The summed E-state index contributed by atoms with van der Waals surface area (Å²) >= 11 is 0. The molecule has 1 atom stereocenters. The minimum atomic E-state index is -0.844. The van der Waals surface area contributed by atoms with E-state index in [0.717, 1.165) is 4.90 Å². The quantitative estimate of drug-likeness (QED) is 0.600. The monoisotopic (exact) mass is 367 g/mol. The number of carbonyl (C=O) groups is 3. The van der Waals surface area contributed by atoms with Gasteiger partial charge in [0, 0.05) is 0 Å². The van der Waals surface area contributed by atoms with Crippen LogP contribution in [-0.4, -0.2) is 42.3 Å². The summed E-state index contributed by atoms with van der Waals surface area (Å²) in [5, 5.41) is 0. The van der Waals surface area contributed by atoms with Crippen LogP contribution in [0.5, 0.6) is 11.5 Å². The highest BCUT2D eigenvalue weighted by Gasteiger charge is 2.39. The van der Waals surface area contributed by atoms with Crippen LogP contribution in [-0.2, 0) is 4.79 Å². The zero-order chi connectivity index (χ0) is 19.6. The van der Waals surface area contributed by atoms with Gasteiger partial charge in [-0.15, -0.1) is 0 Å². The van der Waals surface area contributed by atoms with E-state index in [2.05, 4.69) is 0 Å². The molecule has 0 saturated heterocycles. The Hall–Kier alpha value is -3.15. The highest BCUT2D eigenvalue weighted by Crippen LogP contribution is 2.28. The van der Waals surface area contributed by atoms with Crippen molar-refractivity contribution in [1.82, 2.24) is 4.90 Å². The van der Waals surface area contributed by atoms with Gasteiger partial charge in [0.25, 0.3) is 11.8 Å². The summed E-state index contributed by atoms with van der Waals surface area (Å²) < 4.78 is 11.0. The first-order valence-electron chi connectivity index (χ1n) is 8.71. The molecule has 0 aromatic heterocycles. The number of para-hydroxylation sites is 2. The molecule has 0 unspecified atom stereocenters. The van der Waals surface area contributed by atoms with Crippen molar-refractivity contribution in [3.05, 3.63) is 59.7 Å². The second-order valence-corrected chi connectivity index (χ2v) is 6.63. The Morgan fingerprint density at radius 3 is 2.48 bits per heavy atom. The molecule has 2 aromatic rings. The number of ketones is 1. The lowest BCUT2D eigenvalue weighted by atomic mass is 10.0. The molecule has 6 heteroatoms. The van der Waals surface area contributed by atoms with E-state index in [1.54, 1.807) is 48.5 Å². The third kappa shape index (κ3) is 3.56.